The highest BCUT2D eigenvalue weighted by atomic mass is 79.9. The largest absolute Gasteiger partial charge is 0.489 e. The van der Waals surface area contributed by atoms with Crippen molar-refractivity contribution < 1.29 is 18.9 Å². The van der Waals surface area contributed by atoms with Crippen molar-refractivity contribution in [3.63, 3.8) is 0 Å². The molecule has 6 heteroatoms. The number of rotatable bonds is 30. The summed E-state index contributed by atoms with van der Waals surface area (Å²) in [5.41, 5.74) is 2.04. The first kappa shape index (κ1) is 43.4. The quantitative estimate of drug-likeness (QED) is 0.0729. The summed E-state index contributed by atoms with van der Waals surface area (Å²) < 4.78 is 27.5. The lowest BCUT2D eigenvalue weighted by atomic mass is 9.99. The molecule has 0 heterocycles. The first-order valence-electron chi connectivity index (χ1n) is 19.3. The molecule has 0 aliphatic rings. The third kappa shape index (κ3) is 15.3. The monoisotopic (exact) mass is 774 g/mol. The average Bonchev–Trinajstić information content (AvgIpc) is 3.08. The smallest absolute Gasteiger partial charge is 0.169 e. The van der Waals surface area contributed by atoms with Gasteiger partial charge in [-0.05, 0) is 49.4 Å². The molecule has 1 aromatic carbocycles. The van der Waals surface area contributed by atoms with Gasteiger partial charge in [0.15, 0.2) is 23.0 Å². The van der Waals surface area contributed by atoms with Crippen LogP contribution in [0.4, 0.5) is 0 Å². The summed E-state index contributed by atoms with van der Waals surface area (Å²) in [6.45, 7) is 20.9. The standard InChI is InChI=1S/C40H72Br2O4/c1-9-17-21-31(13-5)27-43-37-35(25-41)39(45-29-33(15-7)23-19-11-3)40(46-30-34(16-8)24-20-12-4)36(26-42)38(37)44-28-32(14-6)22-18-10-2/h31-34H,9-30H2,1-8H3. The van der Waals surface area contributed by atoms with E-state index >= 15 is 0 Å². The normalized spacial score (nSPS) is 14.1. The van der Waals surface area contributed by atoms with Gasteiger partial charge in [0, 0.05) is 10.7 Å². The maximum Gasteiger partial charge on any atom is 0.169 e. The Kier molecular flexibility index (Phi) is 25.7. The predicted molar refractivity (Wildman–Crippen MR) is 207 cm³/mol. The molecule has 0 bridgehead atoms. The van der Waals surface area contributed by atoms with Crippen molar-refractivity contribution in [3.8, 4) is 23.0 Å². The zero-order valence-electron chi connectivity index (χ0n) is 31.3. The van der Waals surface area contributed by atoms with Gasteiger partial charge in [0.05, 0.1) is 37.6 Å². The number of benzene rings is 1. The van der Waals surface area contributed by atoms with Crippen LogP contribution in [0.5, 0.6) is 23.0 Å². The van der Waals surface area contributed by atoms with E-state index in [0.717, 1.165) is 59.8 Å². The molecule has 270 valence electrons. The highest BCUT2D eigenvalue weighted by Gasteiger charge is 2.30. The van der Waals surface area contributed by atoms with E-state index in [4.69, 9.17) is 18.9 Å². The molecular formula is C40H72Br2O4. The Labute approximate surface area is 302 Å². The molecule has 0 N–H and O–H groups in total. The first-order valence-corrected chi connectivity index (χ1v) is 21.5. The van der Waals surface area contributed by atoms with Gasteiger partial charge in [-0.2, -0.15) is 0 Å². The number of halogens is 2. The topological polar surface area (TPSA) is 36.9 Å². The van der Waals surface area contributed by atoms with E-state index in [1.54, 1.807) is 0 Å². The van der Waals surface area contributed by atoms with Crippen LogP contribution in [0, 0.1) is 23.7 Å². The zero-order chi connectivity index (χ0) is 34.2. The van der Waals surface area contributed by atoms with Gasteiger partial charge in [-0.25, -0.2) is 0 Å². The van der Waals surface area contributed by atoms with Gasteiger partial charge >= 0.3 is 0 Å². The summed E-state index contributed by atoms with van der Waals surface area (Å²) in [5, 5.41) is 1.23. The molecular weight excluding hydrogens is 704 g/mol. The van der Waals surface area contributed by atoms with E-state index in [-0.39, 0.29) is 0 Å². The summed E-state index contributed by atoms with van der Waals surface area (Å²) in [5.74, 6) is 5.42. The molecule has 0 saturated carbocycles. The highest BCUT2D eigenvalue weighted by Crippen LogP contribution is 2.51. The molecule has 1 aromatic rings. The minimum Gasteiger partial charge on any atom is -0.489 e. The van der Waals surface area contributed by atoms with E-state index < -0.39 is 0 Å². The summed E-state index contributed by atoms with van der Waals surface area (Å²) in [6.07, 6.45) is 18.9. The number of alkyl halides is 2. The SMILES string of the molecule is CCCCC(CC)COc1c(CBr)c(OCC(CC)CCCC)c(OCC(CC)CCCC)c(CBr)c1OCC(CC)CCCC. The van der Waals surface area contributed by atoms with Crippen molar-refractivity contribution in [2.24, 2.45) is 23.7 Å². The molecule has 0 amide bonds. The highest BCUT2D eigenvalue weighted by molar-refractivity contribution is 9.08. The van der Waals surface area contributed by atoms with Crippen LogP contribution in [0.15, 0.2) is 0 Å². The van der Waals surface area contributed by atoms with Crippen LogP contribution >= 0.6 is 31.9 Å². The summed E-state index contributed by atoms with van der Waals surface area (Å²) >= 11 is 7.76. The van der Waals surface area contributed by atoms with Crippen LogP contribution in [0.2, 0.25) is 0 Å². The molecule has 0 radical (unpaired) electrons. The third-order valence-electron chi connectivity index (χ3n) is 9.80. The molecule has 0 aromatic heterocycles. The minimum absolute atomic E-state index is 0.513. The fourth-order valence-corrected chi connectivity index (χ4v) is 7.02. The Morgan fingerprint density at radius 2 is 0.609 bits per heavy atom. The Hall–Kier alpha value is -0.620. The van der Waals surface area contributed by atoms with Crippen molar-refractivity contribution in [2.75, 3.05) is 26.4 Å². The zero-order valence-corrected chi connectivity index (χ0v) is 34.4. The minimum atomic E-state index is 0.513. The van der Waals surface area contributed by atoms with Crippen molar-refractivity contribution >= 4 is 31.9 Å². The summed E-state index contributed by atoms with van der Waals surface area (Å²) in [6, 6.07) is 0. The van der Waals surface area contributed by atoms with Gasteiger partial charge in [0.1, 0.15) is 0 Å². The fraction of sp³-hybridized carbons (Fsp3) is 0.850. The molecule has 0 saturated heterocycles. The van der Waals surface area contributed by atoms with E-state index in [2.05, 4.69) is 87.2 Å². The van der Waals surface area contributed by atoms with Crippen LogP contribution in [-0.4, -0.2) is 26.4 Å². The number of hydrogen-bond acceptors (Lipinski definition) is 4. The molecule has 0 spiro atoms. The van der Waals surface area contributed by atoms with Crippen LogP contribution in [0.3, 0.4) is 0 Å². The van der Waals surface area contributed by atoms with Crippen LogP contribution in [0.1, 0.15) is 169 Å². The molecule has 4 unspecified atom stereocenters. The van der Waals surface area contributed by atoms with Crippen molar-refractivity contribution in [3.05, 3.63) is 11.1 Å². The Morgan fingerprint density at radius 1 is 0.391 bits per heavy atom. The van der Waals surface area contributed by atoms with E-state index in [1.165, 1.54) is 77.0 Å². The van der Waals surface area contributed by atoms with Crippen LogP contribution < -0.4 is 18.9 Å². The first-order chi connectivity index (χ1) is 22.4. The van der Waals surface area contributed by atoms with E-state index in [0.29, 0.717) is 60.8 Å². The van der Waals surface area contributed by atoms with Crippen molar-refractivity contribution in [1.82, 2.24) is 0 Å². The Bertz CT molecular complexity index is 756. The molecule has 1 rings (SSSR count). The van der Waals surface area contributed by atoms with Gasteiger partial charge < -0.3 is 18.9 Å². The Balaban J connectivity index is 3.79. The van der Waals surface area contributed by atoms with Gasteiger partial charge in [-0.1, -0.05) is 164 Å². The Morgan fingerprint density at radius 3 is 0.761 bits per heavy atom. The van der Waals surface area contributed by atoms with Gasteiger partial charge in [-0.15, -0.1) is 0 Å². The second-order valence-electron chi connectivity index (χ2n) is 13.5. The van der Waals surface area contributed by atoms with Crippen LogP contribution in [0.25, 0.3) is 0 Å². The summed E-state index contributed by atoms with van der Waals surface area (Å²) in [4.78, 5) is 0. The lowest BCUT2D eigenvalue weighted by Crippen LogP contribution is -2.19. The van der Waals surface area contributed by atoms with Crippen LogP contribution in [-0.2, 0) is 10.7 Å². The molecule has 4 nitrogen and oxygen atoms in total. The molecule has 0 aliphatic heterocycles. The lowest BCUT2D eigenvalue weighted by molar-refractivity contribution is 0.180. The van der Waals surface area contributed by atoms with Crippen molar-refractivity contribution in [1.29, 1.82) is 0 Å². The number of hydrogen-bond donors (Lipinski definition) is 0. The van der Waals surface area contributed by atoms with Gasteiger partial charge in [-0.3, -0.25) is 0 Å². The maximum absolute atomic E-state index is 6.88. The van der Waals surface area contributed by atoms with E-state index in [9.17, 15) is 0 Å². The number of unbranched alkanes of at least 4 members (excludes halogenated alkanes) is 4. The van der Waals surface area contributed by atoms with Gasteiger partial charge in [0.25, 0.3) is 0 Å². The van der Waals surface area contributed by atoms with E-state index in [1.807, 2.05) is 0 Å². The predicted octanol–water partition coefficient (Wildman–Crippen LogP) is 13.9. The molecule has 4 atom stereocenters. The summed E-state index contributed by atoms with van der Waals surface area (Å²) in [7, 11) is 0. The third-order valence-corrected chi connectivity index (χ3v) is 10.9. The number of ether oxygens (including phenoxy) is 4. The van der Waals surface area contributed by atoms with Gasteiger partial charge in [0.2, 0.25) is 0 Å². The molecule has 46 heavy (non-hydrogen) atoms. The van der Waals surface area contributed by atoms with Crippen molar-refractivity contribution in [2.45, 2.75) is 169 Å². The fourth-order valence-electron chi connectivity index (χ4n) is 6.00. The maximum atomic E-state index is 6.88. The lowest BCUT2D eigenvalue weighted by Gasteiger charge is -2.28. The molecule has 0 aliphatic carbocycles. The second kappa shape index (κ2) is 27.2. The second-order valence-corrected chi connectivity index (χ2v) is 14.6. The molecule has 0 fully saturated rings. The average molecular weight is 777 g/mol.